The van der Waals surface area contributed by atoms with Crippen LogP contribution in [-0.2, 0) is 23.0 Å². The molecule has 0 saturated carbocycles. The van der Waals surface area contributed by atoms with E-state index in [1.54, 1.807) is 19.9 Å². The van der Waals surface area contributed by atoms with Crippen LogP contribution in [0.3, 0.4) is 0 Å². The van der Waals surface area contributed by atoms with Gasteiger partial charge in [-0.25, -0.2) is 8.42 Å². The van der Waals surface area contributed by atoms with Crippen LogP contribution < -0.4 is 10.0 Å². The molecule has 0 atom stereocenters. The van der Waals surface area contributed by atoms with Crippen molar-refractivity contribution in [1.82, 2.24) is 10.5 Å². The smallest absolute Gasteiger partial charge is 0.267 e. The second-order valence-corrected chi connectivity index (χ2v) is 6.75. The number of fused-ring (bicyclic) bond motifs is 1. The minimum absolute atomic E-state index is 0.115. The minimum Gasteiger partial charge on any atom is -0.360 e. The number of rotatable bonds is 3. The van der Waals surface area contributed by atoms with Gasteiger partial charge in [-0.05, 0) is 44.0 Å². The number of aryl methyl sites for hydroxylation is 2. The number of nitrogens with zero attached hydrogens (tertiary/aromatic N) is 1. The lowest BCUT2D eigenvalue weighted by atomic mass is 10.00. The Hall–Kier alpha value is -1.86. The summed E-state index contributed by atoms with van der Waals surface area (Å²) in [5.41, 5.74) is 3.15. The van der Waals surface area contributed by atoms with Crippen LogP contribution in [0.25, 0.3) is 0 Å². The molecule has 2 heterocycles. The van der Waals surface area contributed by atoms with Gasteiger partial charge in [0.2, 0.25) is 0 Å². The van der Waals surface area contributed by atoms with E-state index < -0.39 is 10.0 Å². The summed E-state index contributed by atoms with van der Waals surface area (Å²) in [5.74, 6) is 0.294. The number of hydrogen-bond donors (Lipinski definition) is 2. The average molecular weight is 307 g/mol. The van der Waals surface area contributed by atoms with Gasteiger partial charge in [0, 0.05) is 6.54 Å². The quantitative estimate of drug-likeness (QED) is 0.902. The van der Waals surface area contributed by atoms with Gasteiger partial charge in [0.05, 0.1) is 5.69 Å². The number of nitrogens with one attached hydrogen (secondary N) is 2. The minimum atomic E-state index is -3.70. The van der Waals surface area contributed by atoms with Crippen molar-refractivity contribution in [1.29, 1.82) is 0 Å². The van der Waals surface area contributed by atoms with Crippen LogP contribution in [0.2, 0.25) is 0 Å². The van der Waals surface area contributed by atoms with Crippen LogP contribution in [0, 0.1) is 13.8 Å². The standard InChI is InChI=1S/C14H17N3O3S/c1-9-14(10(2)20-16-9)21(18,19)17-13-5-3-4-11-6-7-15-8-12(11)13/h3-5,15,17H,6-8H2,1-2H3. The molecule has 3 rings (SSSR count). The molecule has 2 N–H and O–H groups in total. The van der Waals surface area contributed by atoms with Crippen molar-refractivity contribution in [3.05, 3.63) is 40.8 Å². The lowest BCUT2D eigenvalue weighted by Gasteiger charge is -2.20. The predicted octanol–water partition coefficient (Wildman–Crippen LogP) is 1.74. The zero-order valence-corrected chi connectivity index (χ0v) is 12.8. The summed E-state index contributed by atoms with van der Waals surface area (Å²) in [7, 11) is -3.70. The third-order valence-corrected chi connectivity index (χ3v) is 5.24. The molecule has 0 aliphatic carbocycles. The van der Waals surface area contributed by atoms with Gasteiger partial charge in [0.25, 0.3) is 10.0 Å². The second-order valence-electron chi connectivity index (χ2n) is 5.13. The molecular weight excluding hydrogens is 290 g/mol. The molecule has 6 nitrogen and oxygen atoms in total. The van der Waals surface area contributed by atoms with E-state index >= 15 is 0 Å². The van der Waals surface area contributed by atoms with Crippen molar-refractivity contribution >= 4 is 15.7 Å². The summed E-state index contributed by atoms with van der Waals surface area (Å²) in [6.45, 7) is 4.78. The summed E-state index contributed by atoms with van der Waals surface area (Å²) in [4.78, 5) is 0.115. The van der Waals surface area contributed by atoms with E-state index in [4.69, 9.17) is 4.52 Å². The molecule has 112 valence electrons. The van der Waals surface area contributed by atoms with Gasteiger partial charge < -0.3 is 9.84 Å². The van der Waals surface area contributed by atoms with Crippen LogP contribution in [0.4, 0.5) is 5.69 Å². The molecule has 1 aliphatic heterocycles. The molecule has 1 aromatic heterocycles. The first-order chi connectivity index (χ1) is 9.99. The van der Waals surface area contributed by atoms with E-state index in [0.29, 0.717) is 23.7 Å². The zero-order chi connectivity index (χ0) is 15.0. The molecule has 0 radical (unpaired) electrons. The Bertz CT molecular complexity index is 761. The molecule has 1 aliphatic rings. The van der Waals surface area contributed by atoms with E-state index in [0.717, 1.165) is 18.5 Å². The van der Waals surface area contributed by atoms with Crippen molar-refractivity contribution in [2.45, 2.75) is 31.7 Å². The molecule has 2 aromatic rings. The van der Waals surface area contributed by atoms with Crippen LogP contribution in [0.15, 0.2) is 27.6 Å². The van der Waals surface area contributed by atoms with E-state index in [2.05, 4.69) is 15.2 Å². The number of sulfonamides is 1. The van der Waals surface area contributed by atoms with Gasteiger partial charge in [-0.3, -0.25) is 4.72 Å². The van der Waals surface area contributed by atoms with E-state index in [1.807, 2.05) is 12.1 Å². The number of aromatic nitrogens is 1. The van der Waals surface area contributed by atoms with E-state index in [-0.39, 0.29) is 4.90 Å². The van der Waals surface area contributed by atoms with Crippen LogP contribution in [-0.4, -0.2) is 20.1 Å². The fraction of sp³-hybridized carbons (Fsp3) is 0.357. The molecule has 0 amide bonds. The van der Waals surface area contributed by atoms with Gasteiger partial charge in [-0.2, -0.15) is 0 Å². The lowest BCUT2D eigenvalue weighted by Crippen LogP contribution is -2.25. The van der Waals surface area contributed by atoms with E-state index in [1.165, 1.54) is 5.56 Å². The first kappa shape index (κ1) is 14.1. The Morgan fingerprint density at radius 1 is 1.33 bits per heavy atom. The maximum absolute atomic E-state index is 12.6. The molecular formula is C14H17N3O3S. The summed E-state index contributed by atoms with van der Waals surface area (Å²) >= 11 is 0. The van der Waals surface area contributed by atoms with Crippen molar-refractivity contribution in [3.8, 4) is 0 Å². The fourth-order valence-electron chi connectivity index (χ4n) is 2.66. The monoisotopic (exact) mass is 307 g/mol. The molecule has 21 heavy (non-hydrogen) atoms. The summed E-state index contributed by atoms with van der Waals surface area (Å²) in [6.07, 6.45) is 0.899. The van der Waals surface area contributed by atoms with Crippen LogP contribution in [0.5, 0.6) is 0 Å². The van der Waals surface area contributed by atoms with Crippen molar-refractivity contribution in [2.75, 3.05) is 11.3 Å². The molecule has 0 spiro atoms. The van der Waals surface area contributed by atoms with Gasteiger partial charge >= 0.3 is 0 Å². The number of hydrogen-bond acceptors (Lipinski definition) is 5. The van der Waals surface area contributed by atoms with Crippen LogP contribution >= 0.6 is 0 Å². The highest BCUT2D eigenvalue weighted by atomic mass is 32.2. The first-order valence-corrected chi connectivity index (χ1v) is 8.24. The Morgan fingerprint density at radius 2 is 2.14 bits per heavy atom. The topological polar surface area (TPSA) is 84.2 Å². The van der Waals surface area contributed by atoms with Crippen LogP contribution in [0.1, 0.15) is 22.6 Å². The fourth-order valence-corrected chi connectivity index (χ4v) is 4.09. The normalized spacial score (nSPS) is 14.8. The maximum Gasteiger partial charge on any atom is 0.267 e. The highest BCUT2D eigenvalue weighted by Crippen LogP contribution is 2.27. The Balaban J connectivity index is 2.01. The Labute approximate surface area is 123 Å². The second kappa shape index (κ2) is 5.16. The zero-order valence-electron chi connectivity index (χ0n) is 11.9. The SMILES string of the molecule is Cc1noc(C)c1S(=O)(=O)Nc1cccc2c1CNCC2. The van der Waals surface area contributed by atoms with Gasteiger partial charge in [-0.15, -0.1) is 0 Å². The Morgan fingerprint density at radius 3 is 2.86 bits per heavy atom. The summed E-state index contributed by atoms with van der Waals surface area (Å²) < 4.78 is 32.7. The number of benzene rings is 1. The third-order valence-electron chi connectivity index (χ3n) is 3.63. The number of anilines is 1. The molecule has 0 unspecified atom stereocenters. The Kier molecular flexibility index (Phi) is 3.46. The van der Waals surface area contributed by atoms with Crippen molar-refractivity contribution in [2.24, 2.45) is 0 Å². The highest BCUT2D eigenvalue weighted by molar-refractivity contribution is 7.92. The molecule has 0 bridgehead atoms. The molecule has 1 aromatic carbocycles. The largest absolute Gasteiger partial charge is 0.360 e. The van der Waals surface area contributed by atoms with Gasteiger partial charge in [0.15, 0.2) is 10.7 Å². The molecule has 0 saturated heterocycles. The maximum atomic E-state index is 12.6. The van der Waals surface area contributed by atoms with Crippen molar-refractivity contribution < 1.29 is 12.9 Å². The average Bonchev–Trinajstić information content (AvgIpc) is 2.79. The summed E-state index contributed by atoms with van der Waals surface area (Å²) in [5, 5.41) is 6.96. The van der Waals surface area contributed by atoms with Gasteiger partial charge in [0.1, 0.15) is 5.69 Å². The predicted molar refractivity (Wildman–Crippen MR) is 78.6 cm³/mol. The lowest BCUT2D eigenvalue weighted by molar-refractivity contribution is 0.390. The summed E-state index contributed by atoms with van der Waals surface area (Å²) in [6, 6.07) is 5.68. The first-order valence-electron chi connectivity index (χ1n) is 6.76. The third kappa shape index (κ3) is 2.54. The van der Waals surface area contributed by atoms with Gasteiger partial charge in [-0.1, -0.05) is 17.3 Å². The molecule has 0 fully saturated rings. The highest BCUT2D eigenvalue weighted by Gasteiger charge is 2.25. The van der Waals surface area contributed by atoms with E-state index in [9.17, 15) is 8.42 Å². The molecule has 7 heteroatoms. The van der Waals surface area contributed by atoms with Crippen molar-refractivity contribution in [3.63, 3.8) is 0 Å².